The number of unbranched alkanes of at least 4 members (excludes halogenated alkanes) is 1. The molecule has 4 saturated carbocycles. The molecule has 5 aliphatic carbocycles. The Morgan fingerprint density at radius 2 is 1.62 bits per heavy atom. The lowest BCUT2D eigenvalue weighted by atomic mass is 9.45. The molecule has 21 atom stereocenters. The first kappa shape index (κ1) is 59.0. The van der Waals surface area contributed by atoms with E-state index in [9.17, 15) is 49.8 Å². The summed E-state index contributed by atoms with van der Waals surface area (Å²) in [4.78, 5) is 56.4. The number of hydrogen-bond donors (Lipinski definition) is 6. The molecule has 7 fully saturated rings. The third kappa shape index (κ3) is 9.97. The zero-order chi connectivity index (χ0) is 55.0. The number of hydrogen-bond acceptors (Lipinski definition) is 17. The van der Waals surface area contributed by atoms with Gasteiger partial charge in [-0.05, 0) is 148 Å². The Balaban J connectivity index is 1.01. The maximum Gasteiger partial charge on any atom is 0.338 e. The van der Waals surface area contributed by atoms with Gasteiger partial charge in [0.2, 0.25) is 0 Å². The molecule has 19 heteroatoms. The molecule has 8 rings (SSSR count). The number of aliphatic hydroxyl groups is 6. The van der Waals surface area contributed by atoms with Crippen LogP contribution in [0.4, 0.5) is 4.39 Å². The van der Waals surface area contributed by atoms with Gasteiger partial charge in [0, 0.05) is 35.8 Å². The number of nitrogens with zero attached hydrogens (tertiary/aromatic N) is 2. The second kappa shape index (κ2) is 21.6. The molecule has 0 aromatic rings. The molecule has 0 radical (unpaired) electrons. The number of allylic oxidation sites excluding steroid dienone is 4. The quantitative estimate of drug-likeness (QED) is 0.0737. The van der Waals surface area contributed by atoms with Crippen LogP contribution < -0.4 is 0 Å². The van der Waals surface area contributed by atoms with Crippen molar-refractivity contribution in [3.05, 3.63) is 23.8 Å². The van der Waals surface area contributed by atoms with Crippen LogP contribution in [-0.4, -0.2) is 187 Å². The van der Waals surface area contributed by atoms with Crippen molar-refractivity contribution in [2.75, 3.05) is 34.3 Å². The minimum absolute atomic E-state index is 0.0619. The average Bonchev–Trinajstić information content (AvgIpc) is 3.53. The Morgan fingerprint density at radius 1 is 0.959 bits per heavy atom. The maximum atomic E-state index is 16.1. The normalized spacial score (nSPS) is 49.0. The summed E-state index contributed by atoms with van der Waals surface area (Å²) in [5.41, 5.74) is -7.55. The number of ketones is 1. The highest BCUT2D eigenvalue weighted by Gasteiger charge is 2.76. The van der Waals surface area contributed by atoms with Crippen LogP contribution in [0, 0.1) is 46.3 Å². The molecule has 0 spiro atoms. The van der Waals surface area contributed by atoms with Crippen molar-refractivity contribution in [2.45, 2.75) is 215 Å². The van der Waals surface area contributed by atoms with Crippen LogP contribution >= 0.6 is 11.6 Å². The first-order valence-corrected chi connectivity index (χ1v) is 27.5. The number of aliphatic hydroxyl groups excluding tert-OH is 3. The number of carbonyl (C=O) groups is 4. The Hall–Kier alpha value is -2.62. The van der Waals surface area contributed by atoms with Crippen molar-refractivity contribution in [3.63, 3.8) is 0 Å². The minimum Gasteiger partial charge on any atom is -0.464 e. The fraction of sp³-hybridized carbons (Fsp3) is 0.855. The predicted octanol–water partition coefficient (Wildman–Crippen LogP) is 4.17. The standard InChI is InChI=1S/C55H86ClFN2O15/c1-13-41-52(9,67)45(64)32(6)59(12)27-33-24-53(68,25-33)46(30(4)43(63)31(5)47(65)72-41)74-48-44(39(58(10)11)21-29(3)71-48)73-42(62)16-14-15-19-70-49(66)55(69)28(2)20-35-36-23-38(57)37-22-34(60)17-18-50(37,7)54(36,56)40(61)26-51(35,55)8/h17-18,22,28-33,35-36,38-41,43-46,48,61,63-64,67-69H,13-16,19-21,23-27H2,1-12H3/t28-,29-,30+,31-,32-,33?,35?,36?,38+,39-,40+,41-,43+,44-,45-,46-,48+,50+,51+,52-,53?,54+,55+/m1/s1. The van der Waals surface area contributed by atoms with Crippen molar-refractivity contribution < 1.29 is 77.9 Å². The molecular weight excluding hydrogens is 983 g/mol. The summed E-state index contributed by atoms with van der Waals surface area (Å²) in [7, 11) is 5.51. The Morgan fingerprint density at radius 3 is 2.26 bits per heavy atom. The number of halogens is 2. The molecule has 74 heavy (non-hydrogen) atoms. The van der Waals surface area contributed by atoms with Gasteiger partial charge in [0.15, 0.2) is 23.8 Å². The van der Waals surface area contributed by atoms with E-state index in [2.05, 4.69) is 0 Å². The van der Waals surface area contributed by atoms with Gasteiger partial charge >= 0.3 is 17.9 Å². The minimum atomic E-state index is -2.04. The van der Waals surface area contributed by atoms with Crippen molar-refractivity contribution in [2.24, 2.45) is 46.3 Å². The van der Waals surface area contributed by atoms with Crippen molar-refractivity contribution in [3.8, 4) is 0 Å². The third-order valence-corrected chi connectivity index (χ3v) is 20.5. The van der Waals surface area contributed by atoms with Gasteiger partial charge in [0.1, 0.15) is 24.0 Å². The number of rotatable bonds is 11. The second-order valence-corrected chi connectivity index (χ2v) is 25.3. The van der Waals surface area contributed by atoms with Crippen LogP contribution in [0.15, 0.2) is 23.8 Å². The first-order chi connectivity index (χ1) is 34.3. The van der Waals surface area contributed by atoms with Crippen molar-refractivity contribution in [1.29, 1.82) is 0 Å². The summed E-state index contributed by atoms with van der Waals surface area (Å²) in [6.45, 7) is 15.5. The molecule has 8 aliphatic rings. The van der Waals surface area contributed by atoms with E-state index in [-0.39, 0.29) is 81.4 Å². The van der Waals surface area contributed by atoms with Gasteiger partial charge in [-0.15, -0.1) is 11.6 Å². The van der Waals surface area contributed by atoms with E-state index >= 15 is 4.39 Å². The van der Waals surface area contributed by atoms with Gasteiger partial charge in [-0.25, -0.2) is 9.18 Å². The van der Waals surface area contributed by atoms with Gasteiger partial charge in [0.05, 0.1) is 53.5 Å². The Bertz CT molecular complexity index is 2160. The number of ether oxygens (including phenoxy) is 5. The highest BCUT2D eigenvalue weighted by atomic mass is 35.5. The molecule has 2 unspecified atom stereocenters. The molecular formula is C55H86ClFN2O15. The maximum absolute atomic E-state index is 16.1. The fourth-order valence-corrected chi connectivity index (χ4v) is 15.4. The largest absolute Gasteiger partial charge is 0.464 e. The van der Waals surface area contributed by atoms with E-state index < -0.39 is 141 Å². The van der Waals surface area contributed by atoms with Gasteiger partial charge in [-0.3, -0.25) is 14.4 Å². The fourth-order valence-electron chi connectivity index (χ4n) is 14.9. The SMILES string of the molecule is CC[C@H]1OC(=O)[C@H](C)[C@@H](O)[C@H](C)[C@@H](O[C@@H]2O[C@H](C)C[C@@H](N(C)C)[C@H]2OC(=O)CCCCOC(=O)[C@@]2(O)[C@H](C)CC3C4C[C@H](F)C5=CC(=O)C=C[C@]5(C)[C@@]4(Cl)[C@@H](O)C[C@@]32C)C2(O)CC(CN(C)[C@H](C)[C@@H](O)[C@]1(C)O)C2. The summed E-state index contributed by atoms with van der Waals surface area (Å²) in [5, 5.41) is 71.6. The van der Waals surface area contributed by atoms with Crippen LogP contribution in [0.2, 0.25) is 0 Å². The second-order valence-electron chi connectivity index (χ2n) is 24.6. The van der Waals surface area contributed by atoms with Crippen molar-refractivity contribution >= 4 is 35.3 Å². The smallest absolute Gasteiger partial charge is 0.338 e. The van der Waals surface area contributed by atoms with Gasteiger partial charge in [-0.1, -0.05) is 40.7 Å². The van der Waals surface area contributed by atoms with E-state index in [0.717, 1.165) is 0 Å². The lowest BCUT2D eigenvalue weighted by Gasteiger charge is -2.64. The van der Waals surface area contributed by atoms with E-state index in [4.69, 9.17) is 35.3 Å². The van der Waals surface area contributed by atoms with Crippen LogP contribution in [0.3, 0.4) is 0 Å². The Kier molecular flexibility index (Phi) is 17.2. The first-order valence-electron chi connectivity index (χ1n) is 27.1. The van der Waals surface area contributed by atoms with E-state index in [1.54, 1.807) is 47.6 Å². The van der Waals surface area contributed by atoms with Gasteiger partial charge < -0.3 is 64.1 Å². The van der Waals surface area contributed by atoms with Gasteiger partial charge in [0.25, 0.3) is 0 Å². The average molecular weight is 1070 g/mol. The molecule has 0 amide bonds. The molecule has 17 nitrogen and oxygen atoms in total. The highest BCUT2D eigenvalue weighted by molar-refractivity contribution is 6.26. The number of likely N-dealkylation sites (N-methyl/N-ethyl adjacent to an activating group) is 2. The third-order valence-electron chi connectivity index (χ3n) is 19.6. The molecule has 2 bridgehead atoms. The zero-order valence-corrected chi connectivity index (χ0v) is 46.3. The predicted molar refractivity (Wildman–Crippen MR) is 270 cm³/mol. The molecule has 3 saturated heterocycles. The summed E-state index contributed by atoms with van der Waals surface area (Å²) >= 11 is 7.48. The summed E-state index contributed by atoms with van der Waals surface area (Å²) in [6, 6.07) is -0.959. The van der Waals surface area contributed by atoms with Crippen LogP contribution in [-0.2, 0) is 42.9 Å². The van der Waals surface area contributed by atoms with Gasteiger partial charge in [-0.2, -0.15) is 0 Å². The molecule has 420 valence electrons. The molecule has 3 aliphatic heterocycles. The summed E-state index contributed by atoms with van der Waals surface area (Å²) < 4.78 is 47.0. The van der Waals surface area contributed by atoms with E-state index in [0.29, 0.717) is 19.4 Å². The highest BCUT2D eigenvalue weighted by Crippen LogP contribution is 2.71. The topological polar surface area (TPSA) is 242 Å². The van der Waals surface area contributed by atoms with Crippen LogP contribution in [0.25, 0.3) is 0 Å². The molecule has 0 aromatic heterocycles. The number of carbonyl (C=O) groups excluding carboxylic acids is 4. The van der Waals surface area contributed by atoms with Crippen LogP contribution in [0.5, 0.6) is 0 Å². The Labute approximate surface area is 441 Å². The van der Waals surface area contributed by atoms with Crippen molar-refractivity contribution in [1.82, 2.24) is 9.80 Å². The summed E-state index contributed by atoms with van der Waals surface area (Å²) in [5.74, 6) is -6.45. The van der Waals surface area contributed by atoms with E-state index in [1.165, 1.54) is 26.0 Å². The zero-order valence-electron chi connectivity index (χ0n) is 45.5. The molecule has 3 heterocycles. The number of alkyl halides is 2. The lowest BCUT2D eigenvalue weighted by Crippen LogP contribution is -2.70. The number of fused-ring (bicyclic) bond motifs is 16. The molecule has 0 aromatic carbocycles. The lowest BCUT2D eigenvalue weighted by molar-refractivity contribution is -0.313. The van der Waals surface area contributed by atoms with E-state index in [1.807, 2.05) is 37.9 Å². The monoisotopic (exact) mass is 1070 g/mol. The van der Waals surface area contributed by atoms with Crippen LogP contribution in [0.1, 0.15) is 127 Å². The summed E-state index contributed by atoms with van der Waals surface area (Å²) in [6.07, 6.45) is -4.38. The molecule has 6 N–H and O–H groups in total. The number of esters is 3.